The highest BCUT2D eigenvalue weighted by molar-refractivity contribution is 7.98. The van der Waals surface area contributed by atoms with E-state index in [1.165, 1.54) is 37.1 Å². The Bertz CT molecular complexity index is 1880. The number of imidazole rings is 1. The second kappa shape index (κ2) is 16.2. The largest absolute Gasteiger partial charge is 0.495 e. The molecule has 0 unspecified atom stereocenters. The molecule has 4 rings (SSSR count). The number of ether oxygens (including phenoxy) is 1. The van der Waals surface area contributed by atoms with E-state index < -0.39 is 39.5 Å². The van der Waals surface area contributed by atoms with Crippen molar-refractivity contribution >= 4 is 51.0 Å². The van der Waals surface area contributed by atoms with Crippen molar-refractivity contribution in [1.82, 2.24) is 13.9 Å². The molecular formula is C34H39Cl2F2N4O5S2+. The first-order valence-electron chi connectivity index (χ1n) is 15.4. The highest BCUT2D eigenvalue weighted by Crippen LogP contribution is 2.40. The molecule has 0 radical (unpaired) electrons. The van der Waals surface area contributed by atoms with E-state index >= 15 is 4.39 Å². The summed E-state index contributed by atoms with van der Waals surface area (Å²) in [5, 5.41) is 10.0. The van der Waals surface area contributed by atoms with E-state index in [0.717, 1.165) is 26.5 Å². The number of quaternary nitrogens is 1. The third-order valence-corrected chi connectivity index (χ3v) is 11.6. The van der Waals surface area contributed by atoms with Crippen LogP contribution >= 0.6 is 35.0 Å². The van der Waals surface area contributed by atoms with E-state index in [4.69, 9.17) is 27.9 Å². The van der Waals surface area contributed by atoms with Gasteiger partial charge in [-0.25, -0.2) is 22.2 Å². The van der Waals surface area contributed by atoms with Gasteiger partial charge in [-0.1, -0.05) is 54.9 Å². The van der Waals surface area contributed by atoms with Crippen LogP contribution in [0.4, 0.5) is 8.78 Å². The molecule has 3 aromatic carbocycles. The van der Waals surface area contributed by atoms with Gasteiger partial charge in [0.2, 0.25) is 10.0 Å². The minimum Gasteiger partial charge on any atom is -0.495 e. The predicted molar refractivity (Wildman–Crippen MR) is 188 cm³/mol. The number of carboxylic acid groups (broad SMARTS) is 1. The van der Waals surface area contributed by atoms with E-state index in [-0.39, 0.29) is 34.3 Å². The van der Waals surface area contributed by atoms with Gasteiger partial charge >= 0.3 is 5.97 Å². The molecule has 264 valence electrons. The van der Waals surface area contributed by atoms with Gasteiger partial charge < -0.3 is 14.7 Å². The highest BCUT2D eigenvalue weighted by atomic mass is 35.5. The van der Waals surface area contributed by atoms with Crippen LogP contribution in [0.3, 0.4) is 0 Å². The maximum Gasteiger partial charge on any atom is 0.304 e. The van der Waals surface area contributed by atoms with Gasteiger partial charge in [0.1, 0.15) is 17.4 Å². The molecule has 0 amide bonds. The van der Waals surface area contributed by atoms with Crippen LogP contribution in [0.1, 0.15) is 43.5 Å². The molecule has 0 fully saturated rings. The number of hydrogen-bond acceptors (Lipinski definition) is 6. The zero-order chi connectivity index (χ0) is 36.1. The molecule has 49 heavy (non-hydrogen) atoms. The highest BCUT2D eigenvalue weighted by Gasteiger charge is 2.31. The lowest BCUT2D eigenvalue weighted by Gasteiger charge is -2.28. The van der Waals surface area contributed by atoms with Crippen molar-refractivity contribution in [3.63, 3.8) is 0 Å². The summed E-state index contributed by atoms with van der Waals surface area (Å²) in [6.07, 6.45) is 1.78. The Kier molecular flexibility index (Phi) is 12.8. The topological polar surface area (TPSA) is 106 Å². The number of carbonyl (C=O) groups is 1. The molecule has 4 aromatic rings. The second-order valence-electron chi connectivity index (χ2n) is 12.2. The molecule has 1 heterocycles. The SMILES string of the molecule is COc1cc(C(C)(C)c2cnc(SCc3c(F)cc(S(=O)(=O)N(CCC[NH+](C)C)CCC(=O)O)cc3Cl)n2-c2ccc(F)cc2)ccc1Cl. The molecule has 0 atom stereocenters. The van der Waals surface area contributed by atoms with Gasteiger partial charge in [-0.3, -0.25) is 9.36 Å². The minimum absolute atomic E-state index is 0.00776. The first kappa shape index (κ1) is 38.6. The van der Waals surface area contributed by atoms with Gasteiger partial charge in [-0.05, 0) is 54.1 Å². The number of nitrogens with one attached hydrogen (secondary N) is 1. The Morgan fingerprint density at radius 1 is 1.06 bits per heavy atom. The Labute approximate surface area is 299 Å². The number of halogens is 4. The fourth-order valence-corrected chi connectivity index (χ4v) is 8.41. The van der Waals surface area contributed by atoms with Crippen molar-refractivity contribution in [1.29, 1.82) is 0 Å². The number of sulfonamides is 1. The summed E-state index contributed by atoms with van der Waals surface area (Å²) in [4.78, 5) is 16.6. The summed E-state index contributed by atoms with van der Waals surface area (Å²) in [5.74, 6) is -1.89. The third kappa shape index (κ3) is 9.13. The zero-order valence-electron chi connectivity index (χ0n) is 27.8. The van der Waals surface area contributed by atoms with Crippen molar-refractivity contribution in [2.24, 2.45) is 0 Å². The second-order valence-corrected chi connectivity index (χ2v) is 15.9. The zero-order valence-corrected chi connectivity index (χ0v) is 30.9. The number of rotatable bonds is 16. The van der Waals surface area contributed by atoms with Crippen molar-refractivity contribution in [3.05, 3.63) is 99.3 Å². The Hall–Kier alpha value is -3.20. The number of nitrogens with zero attached hydrogens (tertiary/aromatic N) is 3. The molecule has 0 aliphatic rings. The van der Waals surface area contributed by atoms with E-state index in [9.17, 15) is 22.7 Å². The molecule has 0 aliphatic heterocycles. The van der Waals surface area contributed by atoms with Gasteiger partial charge in [0.25, 0.3) is 0 Å². The lowest BCUT2D eigenvalue weighted by atomic mass is 9.81. The number of aliphatic carboxylic acids is 1. The maximum atomic E-state index is 15.7. The van der Waals surface area contributed by atoms with Gasteiger partial charge in [0.05, 0.1) is 56.0 Å². The van der Waals surface area contributed by atoms with Gasteiger partial charge in [-0.2, -0.15) is 4.31 Å². The molecule has 0 bridgehead atoms. The van der Waals surface area contributed by atoms with Crippen molar-refractivity contribution in [2.75, 3.05) is 40.8 Å². The number of methoxy groups -OCH3 is 1. The monoisotopic (exact) mass is 755 g/mol. The van der Waals surface area contributed by atoms with Crippen LogP contribution in [-0.4, -0.2) is 74.2 Å². The normalized spacial score (nSPS) is 12.2. The summed E-state index contributed by atoms with van der Waals surface area (Å²) in [5.41, 5.74) is 1.65. The molecule has 0 saturated heterocycles. The molecule has 0 saturated carbocycles. The number of hydrogen-bond donors (Lipinski definition) is 2. The smallest absolute Gasteiger partial charge is 0.304 e. The number of carboxylic acids is 1. The third-order valence-electron chi connectivity index (χ3n) is 8.08. The summed E-state index contributed by atoms with van der Waals surface area (Å²) in [6, 6.07) is 13.5. The fraction of sp³-hybridized carbons (Fsp3) is 0.353. The van der Waals surface area contributed by atoms with Gasteiger partial charge in [0.15, 0.2) is 5.16 Å². The fourth-order valence-electron chi connectivity index (χ4n) is 5.25. The summed E-state index contributed by atoms with van der Waals surface area (Å²) in [6.45, 7) is 4.47. The number of aromatic nitrogens is 2. The number of benzene rings is 3. The van der Waals surface area contributed by atoms with Crippen molar-refractivity contribution in [2.45, 2.75) is 47.9 Å². The Morgan fingerprint density at radius 2 is 1.76 bits per heavy atom. The molecule has 15 heteroatoms. The maximum absolute atomic E-state index is 15.7. The van der Waals surface area contributed by atoms with Crippen LogP contribution in [0.5, 0.6) is 5.75 Å². The van der Waals surface area contributed by atoms with Crippen LogP contribution in [0, 0.1) is 11.6 Å². The summed E-state index contributed by atoms with van der Waals surface area (Å²) >= 11 is 14.0. The first-order valence-corrected chi connectivity index (χ1v) is 18.5. The van der Waals surface area contributed by atoms with E-state index in [0.29, 0.717) is 34.6 Å². The van der Waals surface area contributed by atoms with Crippen LogP contribution in [0.15, 0.2) is 70.8 Å². The van der Waals surface area contributed by atoms with Crippen LogP contribution in [0.2, 0.25) is 10.0 Å². The molecule has 0 aliphatic carbocycles. The summed E-state index contributed by atoms with van der Waals surface area (Å²) < 4.78 is 65.1. The quantitative estimate of drug-likeness (QED) is 0.134. The van der Waals surface area contributed by atoms with Crippen molar-refractivity contribution < 1.29 is 36.7 Å². The Morgan fingerprint density at radius 3 is 2.37 bits per heavy atom. The lowest BCUT2D eigenvalue weighted by Crippen LogP contribution is -3.05. The van der Waals surface area contributed by atoms with Gasteiger partial charge in [0, 0.05) is 47.0 Å². The standard InChI is InChI=1S/C34H38Cl2F2N4O5S2/c1-34(2,22-7-12-27(35)30(17-22)47-5)31-20-39-33(42(31)24-10-8-23(37)9-11-24)48-21-26-28(36)18-25(19-29(26)38)49(45,46)41(16-13-32(43)44)15-6-14-40(3)4/h7-12,17-20H,6,13-16,21H2,1-5H3,(H,43,44)/p+1. The first-order chi connectivity index (χ1) is 23.1. The van der Waals surface area contributed by atoms with E-state index in [2.05, 4.69) is 4.98 Å². The minimum atomic E-state index is -4.25. The average Bonchev–Trinajstić information content (AvgIpc) is 3.47. The molecular weight excluding hydrogens is 717 g/mol. The van der Waals surface area contributed by atoms with E-state index in [1.54, 1.807) is 24.4 Å². The van der Waals surface area contributed by atoms with Crippen molar-refractivity contribution in [3.8, 4) is 11.4 Å². The molecule has 1 aromatic heterocycles. The lowest BCUT2D eigenvalue weighted by molar-refractivity contribution is -0.858. The molecule has 9 nitrogen and oxygen atoms in total. The van der Waals surface area contributed by atoms with Crippen LogP contribution < -0.4 is 9.64 Å². The number of thioether (sulfide) groups is 1. The van der Waals surface area contributed by atoms with Gasteiger partial charge in [-0.15, -0.1) is 0 Å². The van der Waals surface area contributed by atoms with Crippen LogP contribution in [0.25, 0.3) is 5.69 Å². The Balaban J connectivity index is 1.68. The van der Waals surface area contributed by atoms with E-state index in [1.807, 2.05) is 44.6 Å². The average molecular weight is 757 g/mol. The molecule has 0 spiro atoms. The predicted octanol–water partition coefficient (Wildman–Crippen LogP) is 6.08. The van der Waals surface area contributed by atoms with Crippen LogP contribution in [-0.2, 0) is 26.0 Å². The molecule has 2 N–H and O–H groups in total. The summed E-state index contributed by atoms with van der Waals surface area (Å²) in [7, 11) is 1.13.